The van der Waals surface area contributed by atoms with Gasteiger partial charge in [0.05, 0.1) is 10.5 Å². The zero-order chi connectivity index (χ0) is 14.7. The molecular formula is C13H19NO4S. The zero-order valence-corrected chi connectivity index (χ0v) is 12.1. The third-order valence-electron chi connectivity index (χ3n) is 2.56. The molecule has 0 heterocycles. The van der Waals surface area contributed by atoms with E-state index in [2.05, 4.69) is 4.72 Å². The molecule has 2 N–H and O–H groups in total. The van der Waals surface area contributed by atoms with Crippen LogP contribution in [0.3, 0.4) is 0 Å². The molecular weight excluding hydrogens is 266 g/mol. The summed E-state index contributed by atoms with van der Waals surface area (Å²) >= 11 is 0. The predicted molar refractivity (Wildman–Crippen MR) is 72.7 cm³/mol. The molecule has 0 aliphatic rings. The van der Waals surface area contributed by atoms with Gasteiger partial charge in [-0.25, -0.2) is 17.9 Å². The molecule has 0 unspecified atom stereocenters. The molecule has 0 aromatic heterocycles. The Kier molecular flexibility index (Phi) is 4.70. The van der Waals surface area contributed by atoms with Crippen molar-refractivity contribution in [2.24, 2.45) is 5.41 Å². The highest BCUT2D eigenvalue weighted by atomic mass is 32.2. The summed E-state index contributed by atoms with van der Waals surface area (Å²) in [6.07, 6.45) is 0.699. The van der Waals surface area contributed by atoms with E-state index in [4.69, 9.17) is 5.11 Å². The van der Waals surface area contributed by atoms with Crippen molar-refractivity contribution in [2.45, 2.75) is 32.1 Å². The van der Waals surface area contributed by atoms with Crippen molar-refractivity contribution in [2.75, 3.05) is 6.54 Å². The highest BCUT2D eigenvalue weighted by Gasteiger charge is 2.17. The third kappa shape index (κ3) is 5.00. The van der Waals surface area contributed by atoms with Gasteiger partial charge in [0, 0.05) is 6.54 Å². The summed E-state index contributed by atoms with van der Waals surface area (Å²) in [6, 6.07) is 5.31. The van der Waals surface area contributed by atoms with Gasteiger partial charge in [0.15, 0.2) is 0 Å². The maximum atomic E-state index is 12.0. The van der Waals surface area contributed by atoms with Crippen molar-refractivity contribution in [3.63, 3.8) is 0 Å². The van der Waals surface area contributed by atoms with E-state index in [1.54, 1.807) is 0 Å². The Labute approximate surface area is 113 Å². The van der Waals surface area contributed by atoms with Gasteiger partial charge in [-0.1, -0.05) is 26.8 Å². The quantitative estimate of drug-likeness (QED) is 0.867. The van der Waals surface area contributed by atoms with Crippen LogP contribution in [0, 0.1) is 5.41 Å². The van der Waals surface area contributed by atoms with E-state index in [0.29, 0.717) is 13.0 Å². The number of hydrogen-bond acceptors (Lipinski definition) is 3. The summed E-state index contributed by atoms with van der Waals surface area (Å²) in [5.41, 5.74) is -0.00971. The largest absolute Gasteiger partial charge is 0.478 e. The SMILES string of the molecule is CC(C)(C)CCNS(=O)(=O)c1cccc(C(=O)O)c1. The van der Waals surface area contributed by atoms with Crippen molar-refractivity contribution in [1.82, 2.24) is 4.72 Å². The van der Waals surface area contributed by atoms with Gasteiger partial charge in [0.25, 0.3) is 0 Å². The number of carbonyl (C=O) groups is 1. The molecule has 1 rings (SSSR count). The molecule has 1 aromatic carbocycles. The van der Waals surface area contributed by atoms with E-state index >= 15 is 0 Å². The lowest BCUT2D eigenvalue weighted by atomic mass is 9.93. The molecule has 0 atom stereocenters. The number of aromatic carboxylic acids is 1. The molecule has 1 aromatic rings. The summed E-state index contributed by atoms with van der Waals surface area (Å²) in [7, 11) is -3.65. The molecule has 6 heteroatoms. The summed E-state index contributed by atoms with van der Waals surface area (Å²) in [4.78, 5) is 10.8. The second-order valence-electron chi connectivity index (χ2n) is 5.54. The van der Waals surface area contributed by atoms with Crippen LogP contribution >= 0.6 is 0 Å². The minimum Gasteiger partial charge on any atom is -0.478 e. The van der Waals surface area contributed by atoms with Crippen LogP contribution in [-0.2, 0) is 10.0 Å². The van der Waals surface area contributed by atoms with E-state index in [9.17, 15) is 13.2 Å². The number of rotatable bonds is 5. The van der Waals surface area contributed by atoms with Crippen molar-refractivity contribution >= 4 is 16.0 Å². The maximum absolute atomic E-state index is 12.0. The second kappa shape index (κ2) is 5.71. The zero-order valence-electron chi connectivity index (χ0n) is 11.3. The van der Waals surface area contributed by atoms with E-state index in [0.717, 1.165) is 6.07 Å². The van der Waals surface area contributed by atoms with Crippen LogP contribution in [0.1, 0.15) is 37.6 Å². The Morgan fingerprint density at radius 3 is 2.47 bits per heavy atom. The molecule has 0 saturated heterocycles. The van der Waals surface area contributed by atoms with Gasteiger partial charge in [-0.3, -0.25) is 0 Å². The van der Waals surface area contributed by atoms with Gasteiger partial charge in [-0.2, -0.15) is 0 Å². The molecule has 5 nitrogen and oxygen atoms in total. The lowest BCUT2D eigenvalue weighted by Crippen LogP contribution is -2.27. The second-order valence-corrected chi connectivity index (χ2v) is 7.31. The minimum absolute atomic E-state index is 0.0266. The van der Waals surface area contributed by atoms with Crippen LogP contribution in [-0.4, -0.2) is 26.0 Å². The van der Waals surface area contributed by atoms with Gasteiger partial charge in [0.1, 0.15) is 0 Å². The molecule has 0 spiro atoms. The fraction of sp³-hybridized carbons (Fsp3) is 0.462. The number of carboxylic acid groups (broad SMARTS) is 1. The lowest BCUT2D eigenvalue weighted by Gasteiger charge is -2.18. The monoisotopic (exact) mass is 285 g/mol. The topological polar surface area (TPSA) is 83.5 Å². The molecule has 106 valence electrons. The van der Waals surface area contributed by atoms with E-state index < -0.39 is 16.0 Å². The highest BCUT2D eigenvalue weighted by molar-refractivity contribution is 7.89. The summed E-state index contributed by atoms with van der Waals surface area (Å²) in [6.45, 7) is 6.38. The Morgan fingerprint density at radius 2 is 1.95 bits per heavy atom. The summed E-state index contributed by atoms with van der Waals surface area (Å²) < 4.78 is 26.5. The molecule has 0 amide bonds. The first-order valence-corrected chi connectivity index (χ1v) is 7.43. The first-order chi connectivity index (χ1) is 8.62. The maximum Gasteiger partial charge on any atom is 0.335 e. The van der Waals surface area contributed by atoms with E-state index in [-0.39, 0.29) is 15.9 Å². The van der Waals surface area contributed by atoms with Crippen LogP contribution in [0.5, 0.6) is 0 Å². The standard InChI is InChI=1S/C13H19NO4S/c1-13(2,3)7-8-14-19(17,18)11-6-4-5-10(9-11)12(15)16/h4-6,9,14H,7-8H2,1-3H3,(H,15,16). The third-order valence-corrected chi connectivity index (χ3v) is 4.02. The molecule has 0 fully saturated rings. The Bertz CT molecular complexity index is 558. The highest BCUT2D eigenvalue weighted by Crippen LogP contribution is 2.18. The van der Waals surface area contributed by atoms with Crippen LogP contribution in [0.2, 0.25) is 0 Å². The predicted octanol–water partition coefficient (Wildman–Crippen LogP) is 2.10. The van der Waals surface area contributed by atoms with E-state index in [1.807, 2.05) is 20.8 Å². The van der Waals surface area contributed by atoms with Crippen LogP contribution in [0.4, 0.5) is 0 Å². The van der Waals surface area contributed by atoms with Gasteiger partial charge in [-0.05, 0) is 30.0 Å². The fourth-order valence-electron chi connectivity index (χ4n) is 1.44. The van der Waals surface area contributed by atoms with Gasteiger partial charge >= 0.3 is 5.97 Å². The average molecular weight is 285 g/mol. The first-order valence-electron chi connectivity index (χ1n) is 5.95. The number of benzene rings is 1. The smallest absolute Gasteiger partial charge is 0.335 e. The summed E-state index contributed by atoms with van der Waals surface area (Å²) in [5.74, 6) is -1.15. The Balaban J connectivity index is 2.83. The van der Waals surface area contributed by atoms with Crippen molar-refractivity contribution in [3.8, 4) is 0 Å². The summed E-state index contributed by atoms with van der Waals surface area (Å²) in [5, 5.41) is 8.84. The van der Waals surface area contributed by atoms with Crippen LogP contribution in [0.15, 0.2) is 29.2 Å². The van der Waals surface area contributed by atoms with Crippen LogP contribution in [0.25, 0.3) is 0 Å². The number of nitrogens with one attached hydrogen (secondary N) is 1. The molecule has 0 saturated carbocycles. The number of hydrogen-bond donors (Lipinski definition) is 2. The minimum atomic E-state index is -3.65. The molecule has 0 bridgehead atoms. The Hall–Kier alpha value is -1.40. The van der Waals surface area contributed by atoms with Crippen LogP contribution < -0.4 is 4.72 Å². The van der Waals surface area contributed by atoms with Gasteiger partial charge in [0.2, 0.25) is 10.0 Å². The lowest BCUT2D eigenvalue weighted by molar-refractivity contribution is 0.0696. The average Bonchev–Trinajstić information content (AvgIpc) is 2.27. The first kappa shape index (κ1) is 15.7. The van der Waals surface area contributed by atoms with Crippen molar-refractivity contribution < 1.29 is 18.3 Å². The number of carboxylic acids is 1. The molecule has 0 aliphatic carbocycles. The Morgan fingerprint density at radius 1 is 1.32 bits per heavy atom. The molecule has 0 radical (unpaired) electrons. The normalized spacial score (nSPS) is 12.4. The molecule has 0 aliphatic heterocycles. The van der Waals surface area contributed by atoms with Gasteiger partial charge in [-0.15, -0.1) is 0 Å². The molecule has 19 heavy (non-hydrogen) atoms. The van der Waals surface area contributed by atoms with E-state index in [1.165, 1.54) is 18.2 Å². The van der Waals surface area contributed by atoms with Gasteiger partial charge < -0.3 is 5.11 Å². The number of sulfonamides is 1. The fourth-order valence-corrected chi connectivity index (χ4v) is 2.52. The van der Waals surface area contributed by atoms with Crippen molar-refractivity contribution in [3.05, 3.63) is 29.8 Å². The van der Waals surface area contributed by atoms with Crippen molar-refractivity contribution in [1.29, 1.82) is 0 Å².